The molecule has 1 heterocycles. The molecule has 39 heavy (non-hydrogen) atoms. The lowest BCUT2D eigenvalue weighted by Crippen LogP contribution is -2.42. The summed E-state index contributed by atoms with van der Waals surface area (Å²) < 4.78 is 49.9. The van der Waals surface area contributed by atoms with Crippen LogP contribution in [0.2, 0.25) is 0 Å². The van der Waals surface area contributed by atoms with Gasteiger partial charge in [-0.05, 0) is 97.4 Å². The van der Waals surface area contributed by atoms with Crippen LogP contribution in [0.5, 0.6) is 0 Å². The second kappa shape index (κ2) is 9.71. The molecule has 0 bridgehead atoms. The Morgan fingerprint density at radius 3 is 2.59 bits per heavy atom. The minimum atomic E-state index is -3.92. The number of halogens is 1. The lowest BCUT2D eigenvalue weighted by molar-refractivity contribution is 0.0596. The van der Waals surface area contributed by atoms with Crippen molar-refractivity contribution in [3.63, 3.8) is 0 Å². The Balaban J connectivity index is 1.31. The van der Waals surface area contributed by atoms with Crippen molar-refractivity contribution in [2.75, 3.05) is 20.2 Å². The Morgan fingerprint density at radius 1 is 1.13 bits per heavy atom. The van der Waals surface area contributed by atoms with Gasteiger partial charge in [-0.1, -0.05) is 24.6 Å². The number of carbonyl (C=O) groups is 1. The molecule has 9 heteroatoms. The van der Waals surface area contributed by atoms with Crippen molar-refractivity contribution in [2.24, 2.45) is 17.3 Å². The smallest absolute Gasteiger partial charge is 0.339 e. The molecule has 0 unspecified atom stereocenters. The SMILES string of the molecule is COC(=O)c1ccccc1S(=O)(=O)N(CC1CC1)C[C@H]1CCC2=Cc3c(cnn3-c3ccc(F)cc3)C[C@@]21C. The van der Waals surface area contributed by atoms with E-state index in [1.54, 1.807) is 28.6 Å². The Bertz CT molecular complexity index is 1560. The largest absolute Gasteiger partial charge is 0.465 e. The Labute approximate surface area is 228 Å². The Hall–Kier alpha value is -3.30. The molecular weight excluding hydrogens is 517 g/mol. The number of esters is 1. The summed E-state index contributed by atoms with van der Waals surface area (Å²) in [5.74, 6) is -0.480. The van der Waals surface area contributed by atoms with E-state index in [4.69, 9.17) is 4.74 Å². The lowest BCUT2D eigenvalue weighted by Gasteiger charge is -2.38. The normalized spacial score (nSPS) is 22.4. The number of ether oxygens (including phenoxy) is 1. The first kappa shape index (κ1) is 26.0. The molecule has 0 N–H and O–H groups in total. The molecule has 0 spiro atoms. The lowest BCUT2D eigenvalue weighted by atomic mass is 9.70. The van der Waals surface area contributed by atoms with Gasteiger partial charge in [-0.25, -0.2) is 22.3 Å². The number of rotatable bonds is 8. The molecule has 7 nitrogen and oxygen atoms in total. The number of hydrogen-bond acceptors (Lipinski definition) is 5. The fraction of sp³-hybridized carbons (Fsp3) is 0.400. The third-order valence-corrected chi connectivity index (χ3v) is 10.6. The van der Waals surface area contributed by atoms with Crippen LogP contribution in [0.1, 0.15) is 54.2 Å². The maximum atomic E-state index is 14.0. The van der Waals surface area contributed by atoms with Crippen LogP contribution in [0.15, 0.2) is 65.2 Å². The van der Waals surface area contributed by atoms with Gasteiger partial charge in [0.25, 0.3) is 0 Å². The highest BCUT2D eigenvalue weighted by atomic mass is 32.2. The quantitative estimate of drug-likeness (QED) is 0.358. The van der Waals surface area contributed by atoms with Gasteiger partial charge in [-0.2, -0.15) is 9.40 Å². The zero-order valence-corrected chi connectivity index (χ0v) is 23.0. The molecule has 2 fully saturated rings. The van der Waals surface area contributed by atoms with Crippen LogP contribution in [0, 0.1) is 23.1 Å². The molecule has 0 radical (unpaired) electrons. The number of benzene rings is 2. The number of methoxy groups -OCH3 is 1. The molecule has 2 atom stereocenters. The number of nitrogens with zero attached hydrogens (tertiary/aromatic N) is 3. The highest BCUT2D eigenvalue weighted by Crippen LogP contribution is 2.53. The summed E-state index contributed by atoms with van der Waals surface area (Å²) in [6.07, 6.45) is 8.63. The van der Waals surface area contributed by atoms with Crippen LogP contribution >= 0.6 is 0 Å². The summed E-state index contributed by atoms with van der Waals surface area (Å²) in [5.41, 5.74) is 4.06. The first-order chi connectivity index (χ1) is 18.7. The minimum absolute atomic E-state index is 0.00270. The van der Waals surface area contributed by atoms with Crippen molar-refractivity contribution in [2.45, 2.75) is 43.9 Å². The van der Waals surface area contributed by atoms with Crippen molar-refractivity contribution >= 4 is 22.1 Å². The van der Waals surface area contributed by atoms with E-state index >= 15 is 0 Å². The van der Waals surface area contributed by atoms with Gasteiger partial charge in [-0.3, -0.25) is 0 Å². The van der Waals surface area contributed by atoms with Gasteiger partial charge in [0.2, 0.25) is 10.0 Å². The Kier molecular flexibility index (Phi) is 6.46. The van der Waals surface area contributed by atoms with E-state index in [-0.39, 0.29) is 27.6 Å². The van der Waals surface area contributed by atoms with Crippen LogP contribution in [-0.4, -0.2) is 48.7 Å². The maximum absolute atomic E-state index is 14.0. The molecule has 3 aliphatic carbocycles. The summed E-state index contributed by atoms with van der Waals surface area (Å²) in [7, 11) is -2.66. The first-order valence-electron chi connectivity index (χ1n) is 13.4. The number of hydrogen-bond donors (Lipinski definition) is 0. The molecule has 204 valence electrons. The Morgan fingerprint density at radius 2 is 1.87 bits per heavy atom. The van der Waals surface area contributed by atoms with Gasteiger partial charge in [0, 0.05) is 13.1 Å². The molecule has 0 aliphatic heterocycles. The summed E-state index contributed by atoms with van der Waals surface area (Å²) in [6, 6.07) is 12.6. The van der Waals surface area contributed by atoms with Gasteiger partial charge in [0.05, 0.1) is 35.1 Å². The number of sulfonamides is 1. The van der Waals surface area contributed by atoms with Crippen molar-refractivity contribution in [1.82, 2.24) is 14.1 Å². The molecule has 6 rings (SSSR count). The van der Waals surface area contributed by atoms with Gasteiger partial charge >= 0.3 is 5.97 Å². The first-order valence-corrected chi connectivity index (χ1v) is 14.9. The zero-order chi connectivity index (χ0) is 27.4. The standard InChI is InChI=1S/C30H32FN3O4S/c1-30-16-21-17-32-34(25-13-11-24(31)12-14-25)27(21)15-22(30)9-10-23(30)19-33(18-20-7-8-20)39(36,37)28-6-4-3-5-26(28)29(35)38-2/h3-6,11-15,17,20,23H,7-10,16,18-19H2,1-2H3/t23-,30+/m1/s1. The average molecular weight is 550 g/mol. The highest BCUT2D eigenvalue weighted by Gasteiger charge is 2.47. The third-order valence-electron chi connectivity index (χ3n) is 8.72. The average Bonchev–Trinajstić information content (AvgIpc) is 3.59. The van der Waals surface area contributed by atoms with E-state index in [0.29, 0.717) is 19.0 Å². The minimum Gasteiger partial charge on any atom is -0.465 e. The van der Waals surface area contributed by atoms with Crippen molar-refractivity contribution in [3.05, 3.63) is 82.9 Å². The van der Waals surface area contributed by atoms with Crippen molar-refractivity contribution < 1.29 is 22.3 Å². The molecule has 2 saturated carbocycles. The van der Waals surface area contributed by atoms with E-state index in [9.17, 15) is 17.6 Å². The van der Waals surface area contributed by atoms with Gasteiger partial charge in [0.15, 0.2) is 0 Å². The summed E-state index contributed by atoms with van der Waals surface area (Å²) in [4.78, 5) is 12.4. The highest BCUT2D eigenvalue weighted by molar-refractivity contribution is 7.89. The van der Waals surface area contributed by atoms with Gasteiger partial charge < -0.3 is 4.74 Å². The van der Waals surface area contributed by atoms with Gasteiger partial charge in [0.1, 0.15) is 5.82 Å². The summed E-state index contributed by atoms with van der Waals surface area (Å²) >= 11 is 0. The topological polar surface area (TPSA) is 81.5 Å². The van der Waals surface area contributed by atoms with Gasteiger partial charge in [-0.15, -0.1) is 0 Å². The predicted molar refractivity (Wildman–Crippen MR) is 145 cm³/mol. The van der Waals surface area contributed by atoms with E-state index < -0.39 is 16.0 Å². The number of aromatic nitrogens is 2. The van der Waals surface area contributed by atoms with Crippen LogP contribution in [0.3, 0.4) is 0 Å². The monoisotopic (exact) mass is 549 g/mol. The molecule has 0 saturated heterocycles. The molecule has 1 aromatic heterocycles. The molecular formula is C30H32FN3O4S. The predicted octanol–water partition coefficient (Wildman–Crippen LogP) is 5.25. The molecule has 0 amide bonds. The van der Waals surface area contributed by atoms with Crippen molar-refractivity contribution in [1.29, 1.82) is 0 Å². The fourth-order valence-electron chi connectivity index (χ4n) is 6.23. The number of fused-ring (bicyclic) bond motifs is 2. The van der Waals surface area contributed by atoms with Crippen LogP contribution < -0.4 is 0 Å². The second-order valence-electron chi connectivity index (χ2n) is 11.2. The molecule has 3 aromatic rings. The van der Waals surface area contributed by atoms with E-state index in [2.05, 4.69) is 18.1 Å². The molecule has 3 aliphatic rings. The zero-order valence-electron chi connectivity index (χ0n) is 22.1. The maximum Gasteiger partial charge on any atom is 0.339 e. The van der Waals surface area contributed by atoms with E-state index in [1.165, 1.54) is 36.9 Å². The van der Waals surface area contributed by atoms with Crippen LogP contribution in [0.4, 0.5) is 4.39 Å². The summed E-state index contributed by atoms with van der Waals surface area (Å²) in [6.45, 7) is 3.08. The van der Waals surface area contributed by atoms with Crippen molar-refractivity contribution in [3.8, 4) is 5.69 Å². The number of allylic oxidation sites excluding steroid dienone is 1. The fourth-order valence-corrected chi connectivity index (χ4v) is 7.97. The van der Waals surface area contributed by atoms with E-state index in [0.717, 1.165) is 49.0 Å². The third kappa shape index (κ3) is 4.61. The van der Waals surface area contributed by atoms with Crippen LogP contribution in [-0.2, 0) is 21.2 Å². The molecule has 2 aromatic carbocycles. The van der Waals surface area contributed by atoms with Crippen LogP contribution in [0.25, 0.3) is 11.8 Å². The summed E-state index contributed by atoms with van der Waals surface area (Å²) in [5, 5.41) is 4.60. The second-order valence-corrected chi connectivity index (χ2v) is 13.1. The van der Waals surface area contributed by atoms with E-state index in [1.807, 2.05) is 10.9 Å². The number of carbonyl (C=O) groups excluding carboxylic acids is 1.